The molecule has 1 fully saturated rings. The molecule has 9 heavy (non-hydrogen) atoms. The van der Waals surface area contributed by atoms with Gasteiger partial charge in [-0.25, -0.2) is 0 Å². The van der Waals surface area contributed by atoms with Gasteiger partial charge in [0, 0.05) is 0 Å². The van der Waals surface area contributed by atoms with Crippen LogP contribution in [0.5, 0.6) is 0 Å². The van der Waals surface area contributed by atoms with E-state index in [0.717, 1.165) is 12.8 Å². The molecule has 3 heteroatoms. The Kier molecular flexibility index (Phi) is 2.33. The monoisotopic (exact) mass is 150 g/mol. The molecular weight excluding hydrogens is 140 g/mol. The number of hydrogen-bond donors (Lipinski definition) is 2. The van der Waals surface area contributed by atoms with Crippen LogP contribution in [-0.2, 0) is 0 Å². The normalized spacial score (nSPS) is 45.0. The number of aliphatic hydroxyl groups excluding tert-OH is 2. The maximum atomic E-state index is 9.06. The van der Waals surface area contributed by atoms with E-state index in [1.54, 1.807) is 0 Å². The molecule has 54 valence electrons. The highest BCUT2D eigenvalue weighted by Crippen LogP contribution is 2.22. The van der Waals surface area contributed by atoms with Crippen LogP contribution in [0.3, 0.4) is 0 Å². The maximum absolute atomic E-state index is 9.06. The Bertz CT molecular complexity index is 87.1. The molecule has 0 radical (unpaired) electrons. The van der Waals surface area contributed by atoms with Crippen molar-refractivity contribution in [3.05, 3.63) is 0 Å². The largest absolute Gasteiger partial charge is 0.390 e. The first-order chi connectivity index (χ1) is 4.22. The van der Waals surface area contributed by atoms with Gasteiger partial charge in [-0.1, -0.05) is 0 Å². The minimum atomic E-state index is -0.708. The molecule has 0 bridgehead atoms. The average molecular weight is 151 g/mol. The van der Waals surface area contributed by atoms with E-state index in [9.17, 15) is 0 Å². The third-order valence-electron chi connectivity index (χ3n) is 1.74. The average Bonchev–Trinajstić information content (AvgIpc) is 1.83. The number of aliphatic hydroxyl groups is 2. The Morgan fingerprint density at radius 1 is 1.22 bits per heavy atom. The number of alkyl halides is 1. The number of halogens is 1. The lowest BCUT2D eigenvalue weighted by Gasteiger charge is -2.27. The van der Waals surface area contributed by atoms with E-state index in [4.69, 9.17) is 21.8 Å². The molecule has 0 unspecified atom stereocenters. The van der Waals surface area contributed by atoms with Crippen LogP contribution in [-0.4, -0.2) is 27.8 Å². The van der Waals surface area contributed by atoms with Gasteiger partial charge < -0.3 is 10.2 Å². The maximum Gasteiger partial charge on any atom is 0.0962 e. The molecule has 0 aliphatic heterocycles. The van der Waals surface area contributed by atoms with Gasteiger partial charge in [0.2, 0.25) is 0 Å². The summed E-state index contributed by atoms with van der Waals surface area (Å²) < 4.78 is 0. The van der Waals surface area contributed by atoms with E-state index in [0.29, 0.717) is 6.42 Å². The SMILES string of the molecule is O[C@H]1[C@H](O)CCC[C@@H]1Cl. The Morgan fingerprint density at radius 3 is 2.33 bits per heavy atom. The van der Waals surface area contributed by atoms with E-state index < -0.39 is 12.2 Å². The topological polar surface area (TPSA) is 40.5 Å². The fourth-order valence-electron chi connectivity index (χ4n) is 1.10. The first kappa shape index (κ1) is 7.32. The van der Waals surface area contributed by atoms with Crippen molar-refractivity contribution >= 4 is 11.6 Å². The molecule has 0 aromatic rings. The van der Waals surface area contributed by atoms with Gasteiger partial charge in [-0.3, -0.25) is 0 Å². The lowest BCUT2D eigenvalue weighted by Crippen LogP contribution is -2.37. The molecule has 2 nitrogen and oxygen atoms in total. The van der Waals surface area contributed by atoms with E-state index in [1.165, 1.54) is 0 Å². The van der Waals surface area contributed by atoms with Crippen molar-refractivity contribution in [2.24, 2.45) is 0 Å². The van der Waals surface area contributed by atoms with Gasteiger partial charge in [-0.05, 0) is 19.3 Å². The summed E-state index contributed by atoms with van der Waals surface area (Å²) >= 11 is 5.65. The fourth-order valence-corrected chi connectivity index (χ4v) is 1.43. The molecule has 0 spiro atoms. The summed E-state index contributed by atoms with van der Waals surface area (Å²) in [7, 11) is 0. The van der Waals surface area contributed by atoms with Gasteiger partial charge in [0.05, 0.1) is 17.6 Å². The van der Waals surface area contributed by atoms with Gasteiger partial charge in [-0.15, -0.1) is 11.6 Å². The second kappa shape index (κ2) is 2.86. The highest BCUT2D eigenvalue weighted by molar-refractivity contribution is 6.21. The zero-order valence-electron chi connectivity index (χ0n) is 5.13. The van der Waals surface area contributed by atoms with Gasteiger partial charge in [0.25, 0.3) is 0 Å². The van der Waals surface area contributed by atoms with E-state index in [2.05, 4.69) is 0 Å². The van der Waals surface area contributed by atoms with Gasteiger partial charge in [0.1, 0.15) is 0 Å². The second-order valence-corrected chi connectivity index (χ2v) is 3.07. The van der Waals surface area contributed by atoms with Gasteiger partial charge in [0.15, 0.2) is 0 Å². The summed E-state index contributed by atoms with van der Waals surface area (Å²) in [6.45, 7) is 0. The standard InChI is InChI=1S/C6H11ClO2/c7-4-2-1-3-5(8)6(4)9/h4-6,8-9H,1-3H2/t4-,5+,6+/m0/s1. The van der Waals surface area contributed by atoms with Crippen LogP contribution in [0.1, 0.15) is 19.3 Å². The quantitative estimate of drug-likeness (QED) is 0.494. The van der Waals surface area contributed by atoms with Crippen molar-refractivity contribution in [1.29, 1.82) is 0 Å². The van der Waals surface area contributed by atoms with Crippen LogP contribution >= 0.6 is 11.6 Å². The first-order valence-electron chi connectivity index (χ1n) is 3.22. The van der Waals surface area contributed by atoms with Crippen LogP contribution in [0.2, 0.25) is 0 Å². The summed E-state index contributed by atoms with van der Waals surface area (Å²) in [6.07, 6.45) is 1.12. The van der Waals surface area contributed by atoms with Crippen LogP contribution in [0.25, 0.3) is 0 Å². The molecule has 0 heterocycles. The predicted octanol–water partition coefficient (Wildman–Crippen LogP) is 0.499. The Morgan fingerprint density at radius 2 is 1.89 bits per heavy atom. The summed E-state index contributed by atoms with van der Waals surface area (Å²) in [6, 6.07) is 0. The smallest absolute Gasteiger partial charge is 0.0962 e. The van der Waals surface area contributed by atoms with Crippen LogP contribution in [0.15, 0.2) is 0 Å². The number of hydrogen-bond acceptors (Lipinski definition) is 2. The molecule has 1 aliphatic rings. The minimum absolute atomic E-state index is 0.242. The van der Waals surface area contributed by atoms with Crippen molar-refractivity contribution in [1.82, 2.24) is 0 Å². The first-order valence-corrected chi connectivity index (χ1v) is 3.65. The second-order valence-electron chi connectivity index (χ2n) is 2.50. The fraction of sp³-hybridized carbons (Fsp3) is 1.00. The van der Waals surface area contributed by atoms with E-state index >= 15 is 0 Å². The minimum Gasteiger partial charge on any atom is -0.390 e. The summed E-state index contributed by atoms with van der Waals surface area (Å²) in [5.41, 5.74) is 0. The zero-order chi connectivity index (χ0) is 6.85. The summed E-state index contributed by atoms with van der Waals surface area (Å²) in [5, 5.41) is 17.8. The van der Waals surface area contributed by atoms with E-state index in [1.807, 2.05) is 0 Å². The highest BCUT2D eigenvalue weighted by Gasteiger charge is 2.28. The van der Waals surface area contributed by atoms with Crippen LogP contribution in [0.4, 0.5) is 0 Å². The van der Waals surface area contributed by atoms with Crippen molar-refractivity contribution < 1.29 is 10.2 Å². The zero-order valence-corrected chi connectivity index (χ0v) is 5.88. The summed E-state index contributed by atoms with van der Waals surface area (Å²) in [5.74, 6) is 0. The summed E-state index contributed by atoms with van der Waals surface area (Å²) in [4.78, 5) is 0. The molecule has 0 saturated heterocycles. The van der Waals surface area contributed by atoms with Crippen molar-refractivity contribution in [2.75, 3.05) is 0 Å². The highest BCUT2D eigenvalue weighted by atomic mass is 35.5. The molecule has 0 aromatic carbocycles. The molecule has 1 aliphatic carbocycles. The molecule has 0 aromatic heterocycles. The van der Waals surface area contributed by atoms with Crippen LogP contribution in [0, 0.1) is 0 Å². The number of rotatable bonds is 0. The molecule has 2 N–H and O–H groups in total. The van der Waals surface area contributed by atoms with Crippen LogP contribution < -0.4 is 0 Å². The third kappa shape index (κ3) is 1.57. The van der Waals surface area contributed by atoms with Crippen molar-refractivity contribution in [3.63, 3.8) is 0 Å². The lowest BCUT2D eigenvalue weighted by molar-refractivity contribution is -0.00579. The molecule has 0 amide bonds. The molecule has 1 rings (SSSR count). The molecular formula is C6H11ClO2. The van der Waals surface area contributed by atoms with Crippen molar-refractivity contribution in [3.8, 4) is 0 Å². The Balaban J connectivity index is 2.41. The lowest BCUT2D eigenvalue weighted by atomic mass is 9.95. The van der Waals surface area contributed by atoms with Crippen molar-refractivity contribution in [2.45, 2.75) is 36.8 Å². The predicted molar refractivity (Wildman–Crippen MR) is 35.5 cm³/mol. The Hall–Kier alpha value is 0.210. The van der Waals surface area contributed by atoms with Gasteiger partial charge >= 0.3 is 0 Å². The Labute approximate surface area is 59.4 Å². The van der Waals surface area contributed by atoms with E-state index in [-0.39, 0.29) is 5.38 Å². The van der Waals surface area contributed by atoms with Gasteiger partial charge in [-0.2, -0.15) is 0 Å². The molecule has 1 saturated carbocycles. The third-order valence-corrected chi connectivity index (χ3v) is 2.22. The molecule has 3 atom stereocenters.